The Bertz CT molecular complexity index is 1300. The highest BCUT2D eigenvalue weighted by atomic mass is 35.5. The summed E-state index contributed by atoms with van der Waals surface area (Å²) in [5, 5.41) is 7.23. The lowest BCUT2D eigenvalue weighted by Crippen LogP contribution is -2.42. The van der Waals surface area contributed by atoms with Gasteiger partial charge in [-0.15, -0.1) is 0 Å². The molecule has 12 nitrogen and oxygen atoms in total. The molecule has 0 unspecified atom stereocenters. The molecule has 1 saturated carbocycles. The molecule has 2 fully saturated rings. The van der Waals surface area contributed by atoms with Crippen LogP contribution in [0.3, 0.4) is 0 Å². The van der Waals surface area contributed by atoms with Gasteiger partial charge >= 0.3 is 7.82 Å². The number of halogens is 1. The summed E-state index contributed by atoms with van der Waals surface area (Å²) in [6.07, 6.45) is 9.27. The first-order valence-corrected chi connectivity index (χ1v) is 18.2. The number of phosphoric ester groups is 1. The van der Waals surface area contributed by atoms with Crippen molar-refractivity contribution in [2.45, 2.75) is 116 Å². The number of ether oxygens (including phenoxy) is 1. The quantitative estimate of drug-likeness (QED) is 0.128. The third-order valence-corrected chi connectivity index (χ3v) is 10.0. The number of rotatable bonds is 12. The summed E-state index contributed by atoms with van der Waals surface area (Å²) < 4.78 is 35.9. The lowest BCUT2D eigenvalue weighted by molar-refractivity contribution is -0.0189. The molecule has 1 aromatic heterocycles. The summed E-state index contributed by atoms with van der Waals surface area (Å²) >= 11 is 6.60. The van der Waals surface area contributed by atoms with E-state index >= 15 is 0 Å². The van der Waals surface area contributed by atoms with Gasteiger partial charge in [-0.2, -0.15) is 15.0 Å². The third-order valence-electron chi connectivity index (χ3n) is 7.75. The maximum atomic E-state index is 13.3. The summed E-state index contributed by atoms with van der Waals surface area (Å²) in [6.45, 7) is 12.4. The Morgan fingerprint density at radius 1 is 0.935 bits per heavy atom. The van der Waals surface area contributed by atoms with Gasteiger partial charge in [0.25, 0.3) is 0 Å². The van der Waals surface area contributed by atoms with Gasteiger partial charge in [0.05, 0.1) is 16.2 Å². The molecule has 0 radical (unpaired) electrons. The second-order valence-electron chi connectivity index (χ2n) is 14.3. The van der Waals surface area contributed by atoms with Crippen LogP contribution in [0.4, 0.5) is 23.5 Å². The second kappa shape index (κ2) is 15.8. The summed E-state index contributed by atoms with van der Waals surface area (Å²) in [5.41, 5.74) is -0.836. The van der Waals surface area contributed by atoms with E-state index in [1.807, 2.05) is 0 Å². The van der Waals surface area contributed by atoms with E-state index in [2.05, 4.69) is 34.5 Å². The molecule has 46 heavy (non-hydrogen) atoms. The van der Waals surface area contributed by atoms with Crippen LogP contribution in [-0.4, -0.2) is 77.1 Å². The number of piperidine rings is 1. The maximum Gasteiger partial charge on any atom is 0.478 e. The van der Waals surface area contributed by atoms with Crippen molar-refractivity contribution in [1.82, 2.24) is 19.9 Å². The molecule has 1 aliphatic heterocycles. The molecule has 4 rings (SSSR count). The fourth-order valence-electron chi connectivity index (χ4n) is 5.52. The third kappa shape index (κ3) is 11.8. The molecule has 2 aliphatic rings. The Morgan fingerprint density at radius 2 is 1.54 bits per heavy atom. The van der Waals surface area contributed by atoms with Crippen molar-refractivity contribution in [3.8, 4) is 5.75 Å². The highest BCUT2D eigenvalue weighted by Crippen LogP contribution is 2.55. The van der Waals surface area contributed by atoms with Gasteiger partial charge in [-0.25, -0.2) is 9.09 Å². The Labute approximate surface area is 279 Å². The van der Waals surface area contributed by atoms with Gasteiger partial charge in [-0.3, -0.25) is 9.05 Å². The molecule has 0 spiro atoms. The first-order chi connectivity index (χ1) is 21.6. The Morgan fingerprint density at radius 3 is 2.13 bits per heavy atom. The largest absolute Gasteiger partial charge is 0.478 e. The number of likely N-dealkylation sites (tertiary alicyclic amines) is 1. The topological polar surface area (TPSA) is 123 Å². The van der Waals surface area contributed by atoms with E-state index < -0.39 is 19.0 Å². The number of nitrogens with zero attached hydrogens (tertiary/aromatic N) is 5. The normalized spacial score (nSPS) is 17.8. The number of aromatic nitrogens is 3. The molecular formula is C32H53ClN7O5P. The summed E-state index contributed by atoms with van der Waals surface area (Å²) in [4.78, 5) is 18.9. The van der Waals surface area contributed by atoms with E-state index in [-0.39, 0.29) is 6.79 Å². The highest BCUT2D eigenvalue weighted by molar-refractivity contribution is 7.48. The first kappa shape index (κ1) is 36.6. The molecule has 0 atom stereocenters. The van der Waals surface area contributed by atoms with Crippen LogP contribution in [0.5, 0.6) is 5.75 Å². The average molecular weight is 682 g/mol. The molecule has 2 aromatic rings. The van der Waals surface area contributed by atoms with Crippen LogP contribution in [0.15, 0.2) is 18.2 Å². The Kier molecular flexibility index (Phi) is 12.6. The van der Waals surface area contributed by atoms with Gasteiger partial charge in [0.1, 0.15) is 5.75 Å². The van der Waals surface area contributed by atoms with Crippen LogP contribution < -0.4 is 20.3 Å². The molecular weight excluding hydrogens is 629 g/mol. The molecule has 1 aliphatic carbocycles. The number of nitrogens with one attached hydrogen (secondary N) is 2. The Hall–Kier alpha value is -2.21. The average Bonchev–Trinajstić information content (AvgIpc) is 3.20. The van der Waals surface area contributed by atoms with Crippen LogP contribution >= 0.6 is 19.4 Å². The summed E-state index contributed by atoms with van der Waals surface area (Å²) in [5.74, 6) is 1.97. The number of anilines is 4. The zero-order chi connectivity index (χ0) is 33.5. The monoisotopic (exact) mass is 681 g/mol. The van der Waals surface area contributed by atoms with Crippen molar-refractivity contribution in [2.75, 3.05) is 49.5 Å². The van der Waals surface area contributed by atoms with Crippen molar-refractivity contribution >= 4 is 43.0 Å². The standard InChI is InChI=1S/C32H53ClN7O5P/c1-31(2,3)44-46(41,45-32(4,5)6)43-22-42-27-16-15-24(21-26(27)33)35-29-36-28(34-23-13-11-9-10-12-14-23)37-30(38-29)40(8)25-17-19-39(7)20-18-25/h15-16,21,23,25H,9-14,17-20,22H2,1-8H3,(H2,34,35,36,37,38). The lowest BCUT2D eigenvalue weighted by Gasteiger charge is -2.35. The van der Waals surface area contributed by atoms with Crippen LogP contribution in [0, 0.1) is 0 Å². The van der Waals surface area contributed by atoms with Gasteiger partial charge in [0.2, 0.25) is 17.8 Å². The second-order valence-corrected chi connectivity index (χ2v) is 16.2. The molecule has 1 saturated heterocycles. The fourth-order valence-corrected chi connectivity index (χ4v) is 7.42. The minimum atomic E-state index is -3.93. The van der Waals surface area contributed by atoms with Gasteiger partial charge in [0.15, 0.2) is 6.79 Å². The van der Waals surface area contributed by atoms with E-state index in [0.717, 1.165) is 38.8 Å². The van der Waals surface area contributed by atoms with E-state index in [9.17, 15) is 4.57 Å². The van der Waals surface area contributed by atoms with E-state index in [1.54, 1.807) is 59.7 Å². The maximum absolute atomic E-state index is 13.3. The predicted molar refractivity (Wildman–Crippen MR) is 184 cm³/mol. The molecule has 0 bridgehead atoms. The Balaban J connectivity index is 1.47. The molecule has 1 aromatic carbocycles. The molecule has 14 heteroatoms. The van der Waals surface area contributed by atoms with Crippen molar-refractivity contribution in [3.63, 3.8) is 0 Å². The van der Waals surface area contributed by atoms with Gasteiger partial charge < -0.3 is 25.2 Å². The predicted octanol–water partition coefficient (Wildman–Crippen LogP) is 8.02. The van der Waals surface area contributed by atoms with Crippen LogP contribution in [0.1, 0.15) is 92.9 Å². The van der Waals surface area contributed by atoms with Crippen molar-refractivity contribution in [3.05, 3.63) is 23.2 Å². The summed E-state index contributed by atoms with van der Waals surface area (Å²) in [6, 6.07) is 5.91. The molecule has 0 amide bonds. The number of phosphoric acid groups is 1. The SMILES string of the molecule is CN1CCC(N(C)c2nc(Nc3ccc(OCOP(=O)(OC(C)(C)C)OC(C)(C)C)c(Cl)c3)nc(NC3CCCCCC3)n2)CC1. The first-order valence-electron chi connectivity index (χ1n) is 16.4. The van der Waals surface area contributed by atoms with Gasteiger partial charge in [-0.05, 0) is 106 Å². The number of hydrogen-bond acceptors (Lipinski definition) is 12. The van der Waals surface area contributed by atoms with Crippen molar-refractivity contribution in [2.24, 2.45) is 0 Å². The zero-order valence-corrected chi connectivity index (χ0v) is 30.4. The van der Waals surface area contributed by atoms with E-state index in [0.29, 0.717) is 46.4 Å². The van der Waals surface area contributed by atoms with Crippen molar-refractivity contribution in [1.29, 1.82) is 0 Å². The minimum absolute atomic E-state index is 0.325. The van der Waals surface area contributed by atoms with Gasteiger partial charge in [0, 0.05) is 24.8 Å². The van der Waals surface area contributed by atoms with Crippen molar-refractivity contribution < 1.29 is 22.9 Å². The minimum Gasteiger partial charge on any atom is -0.465 e. The van der Waals surface area contributed by atoms with Gasteiger partial charge in [-0.1, -0.05) is 37.3 Å². The van der Waals surface area contributed by atoms with E-state index in [4.69, 9.17) is 44.9 Å². The zero-order valence-electron chi connectivity index (χ0n) is 28.8. The lowest BCUT2D eigenvalue weighted by atomic mass is 10.0. The van der Waals surface area contributed by atoms with Crippen LogP contribution in [-0.2, 0) is 18.1 Å². The molecule has 2 N–H and O–H groups in total. The van der Waals surface area contributed by atoms with E-state index in [1.165, 1.54) is 25.7 Å². The number of hydrogen-bond donors (Lipinski definition) is 2. The smallest absolute Gasteiger partial charge is 0.465 e. The molecule has 2 heterocycles. The summed E-state index contributed by atoms with van der Waals surface area (Å²) in [7, 11) is 0.289. The van der Waals surface area contributed by atoms with Crippen LogP contribution in [0.2, 0.25) is 5.02 Å². The highest BCUT2D eigenvalue weighted by Gasteiger charge is 2.37. The molecule has 258 valence electrons. The van der Waals surface area contributed by atoms with Crippen LogP contribution in [0.25, 0.3) is 0 Å². The fraction of sp³-hybridized carbons (Fsp3) is 0.719. The number of benzene rings is 1.